The smallest absolute Gasteiger partial charge is 0.111 e. The van der Waals surface area contributed by atoms with Gasteiger partial charge in [-0.2, -0.15) is 0 Å². The van der Waals surface area contributed by atoms with Crippen LogP contribution in [0.2, 0.25) is 0 Å². The minimum atomic E-state index is -0.588. The van der Waals surface area contributed by atoms with Gasteiger partial charge in [0.2, 0.25) is 0 Å². The van der Waals surface area contributed by atoms with E-state index in [0.29, 0.717) is 0 Å². The lowest BCUT2D eigenvalue weighted by molar-refractivity contribution is 0.253. The fourth-order valence-electron chi connectivity index (χ4n) is 0.760. The maximum Gasteiger partial charge on any atom is 0.111 e. The lowest BCUT2D eigenvalue weighted by atomic mass is 10.1. The van der Waals surface area contributed by atoms with Crippen LogP contribution in [0.25, 0.3) is 0 Å². The molecule has 0 amide bonds. The van der Waals surface area contributed by atoms with E-state index in [-0.39, 0.29) is 0 Å². The molecule has 0 saturated carbocycles. The Hall–Kier alpha value is -0.740. The molecule has 1 rings (SSSR count). The van der Waals surface area contributed by atoms with Gasteiger partial charge in [-0.05, 0) is 32.6 Å². The average Bonchev–Trinajstić information content (AvgIpc) is 2.09. The summed E-state index contributed by atoms with van der Waals surface area (Å²) in [6.45, 7) is 1.54. The predicted octanol–water partition coefficient (Wildman–Crippen LogP) is 2.12. The van der Waals surface area contributed by atoms with E-state index in [2.05, 4.69) is 24.5 Å². The summed E-state index contributed by atoms with van der Waals surface area (Å²) in [5.41, 5.74) is 0. The highest BCUT2D eigenvalue weighted by molar-refractivity contribution is 4.89. The van der Waals surface area contributed by atoms with Crippen LogP contribution < -0.4 is 0 Å². The average molecular weight is 152 g/mol. The van der Waals surface area contributed by atoms with Crippen LogP contribution in [0.15, 0.2) is 12.2 Å². The van der Waals surface area contributed by atoms with Gasteiger partial charge < -0.3 is 5.11 Å². The summed E-state index contributed by atoms with van der Waals surface area (Å²) in [4.78, 5) is 0. The molecule has 0 saturated heterocycles. The van der Waals surface area contributed by atoms with E-state index < -0.39 is 6.10 Å². The maximum absolute atomic E-state index is 8.12. The zero-order valence-electron chi connectivity index (χ0n) is 7.09. The minimum Gasteiger partial charge on any atom is -0.381 e. The van der Waals surface area contributed by atoms with Gasteiger partial charge in [0.25, 0.3) is 0 Å². The molecule has 1 atom stereocenters. The summed E-state index contributed by atoms with van der Waals surface area (Å²) in [6.07, 6.45) is 14.1. The van der Waals surface area contributed by atoms with Crippen molar-refractivity contribution in [1.29, 1.82) is 0 Å². The number of hydrogen-bond acceptors (Lipinski definition) is 1. The Balaban J connectivity index is 0.000000187. The molecule has 1 N–H and O–H groups in total. The normalized spacial score (nSPS) is 17.5. The lowest BCUT2D eigenvalue weighted by Gasteiger charge is -1.97. The summed E-state index contributed by atoms with van der Waals surface area (Å²) in [5.74, 6) is 2.08. The van der Waals surface area contributed by atoms with Crippen LogP contribution in [0.4, 0.5) is 0 Å². The van der Waals surface area contributed by atoms with Crippen molar-refractivity contribution >= 4 is 0 Å². The molecule has 1 nitrogen and oxygen atoms in total. The van der Waals surface area contributed by atoms with Crippen LogP contribution in [-0.2, 0) is 0 Å². The number of terminal acetylenes is 1. The molecule has 0 heterocycles. The first-order valence-corrected chi connectivity index (χ1v) is 4.06. The number of aliphatic hydroxyl groups excluding tert-OH is 1. The number of rotatable bonds is 0. The first-order valence-electron chi connectivity index (χ1n) is 4.06. The van der Waals surface area contributed by atoms with Gasteiger partial charge in [0, 0.05) is 0 Å². The van der Waals surface area contributed by atoms with Gasteiger partial charge in [0.1, 0.15) is 6.10 Å². The van der Waals surface area contributed by atoms with Gasteiger partial charge in [-0.1, -0.05) is 18.1 Å². The topological polar surface area (TPSA) is 20.2 Å². The van der Waals surface area contributed by atoms with Gasteiger partial charge in [-0.25, -0.2) is 0 Å². The van der Waals surface area contributed by atoms with E-state index in [1.54, 1.807) is 6.92 Å². The van der Waals surface area contributed by atoms with E-state index in [1.165, 1.54) is 25.7 Å². The van der Waals surface area contributed by atoms with Gasteiger partial charge in [-0.3, -0.25) is 0 Å². The zero-order valence-corrected chi connectivity index (χ0v) is 7.09. The second-order valence-corrected chi connectivity index (χ2v) is 2.60. The van der Waals surface area contributed by atoms with E-state index in [4.69, 9.17) is 5.11 Å². The Labute approximate surface area is 69.1 Å². The van der Waals surface area contributed by atoms with Crippen molar-refractivity contribution in [2.24, 2.45) is 0 Å². The van der Waals surface area contributed by atoms with Crippen molar-refractivity contribution < 1.29 is 5.11 Å². The molecule has 62 valence electrons. The number of allylic oxidation sites excluding steroid dienone is 2. The molecule has 0 radical (unpaired) electrons. The zero-order chi connectivity index (χ0) is 8.53. The molecule has 0 fully saturated rings. The summed E-state index contributed by atoms with van der Waals surface area (Å²) in [6, 6.07) is 0. The summed E-state index contributed by atoms with van der Waals surface area (Å²) >= 11 is 0. The van der Waals surface area contributed by atoms with E-state index >= 15 is 0 Å². The molecule has 0 spiro atoms. The Morgan fingerprint density at radius 1 is 1.36 bits per heavy atom. The summed E-state index contributed by atoms with van der Waals surface area (Å²) in [7, 11) is 0. The Morgan fingerprint density at radius 2 is 1.73 bits per heavy atom. The fraction of sp³-hybridized carbons (Fsp3) is 0.600. The lowest BCUT2D eigenvalue weighted by Crippen LogP contribution is -1.90. The third-order valence-electron chi connectivity index (χ3n) is 1.40. The second kappa shape index (κ2) is 7.37. The van der Waals surface area contributed by atoms with Crippen molar-refractivity contribution in [3.8, 4) is 12.3 Å². The second-order valence-electron chi connectivity index (χ2n) is 2.60. The highest BCUT2D eigenvalue weighted by Gasteiger charge is 1.87. The molecule has 0 aromatic heterocycles. The highest BCUT2D eigenvalue weighted by atomic mass is 16.3. The maximum atomic E-state index is 8.12. The molecule has 0 aromatic carbocycles. The van der Waals surface area contributed by atoms with Crippen LogP contribution in [-0.4, -0.2) is 11.2 Å². The standard InChI is InChI=1S/C6H10.C4H6O/c1-2-4-6-5-3-1;1-3-4(2)5/h1-2H,3-6H2;1,4-5H,2H3. The third-order valence-corrected chi connectivity index (χ3v) is 1.40. The van der Waals surface area contributed by atoms with Crippen molar-refractivity contribution in [2.45, 2.75) is 38.7 Å². The number of aliphatic hydroxyl groups is 1. The van der Waals surface area contributed by atoms with Crippen molar-refractivity contribution in [2.75, 3.05) is 0 Å². The van der Waals surface area contributed by atoms with Gasteiger partial charge in [-0.15, -0.1) is 6.42 Å². The summed E-state index contributed by atoms with van der Waals surface area (Å²) < 4.78 is 0. The van der Waals surface area contributed by atoms with E-state index in [0.717, 1.165) is 0 Å². The highest BCUT2D eigenvalue weighted by Crippen LogP contribution is 2.07. The van der Waals surface area contributed by atoms with Crippen LogP contribution in [0.3, 0.4) is 0 Å². The molecule has 0 bridgehead atoms. The minimum absolute atomic E-state index is 0.588. The molecule has 0 aliphatic heterocycles. The van der Waals surface area contributed by atoms with Gasteiger partial charge in [0.05, 0.1) is 0 Å². The molecule has 1 aliphatic rings. The van der Waals surface area contributed by atoms with Gasteiger partial charge in [0.15, 0.2) is 0 Å². The quantitative estimate of drug-likeness (QED) is 0.416. The SMILES string of the molecule is C#CC(C)O.C1=CCCCC1. The third kappa shape index (κ3) is 9.26. The molecule has 1 aliphatic carbocycles. The van der Waals surface area contributed by atoms with E-state index in [9.17, 15) is 0 Å². The van der Waals surface area contributed by atoms with Gasteiger partial charge >= 0.3 is 0 Å². The molecule has 1 heteroatoms. The fourth-order valence-corrected chi connectivity index (χ4v) is 0.760. The molecular weight excluding hydrogens is 136 g/mol. The van der Waals surface area contributed by atoms with E-state index in [1.807, 2.05) is 0 Å². The Bertz CT molecular complexity index is 131. The van der Waals surface area contributed by atoms with Crippen LogP contribution >= 0.6 is 0 Å². The van der Waals surface area contributed by atoms with Crippen molar-refractivity contribution in [3.63, 3.8) is 0 Å². The van der Waals surface area contributed by atoms with Crippen LogP contribution in [0, 0.1) is 12.3 Å². The first kappa shape index (κ1) is 10.3. The molecule has 1 unspecified atom stereocenters. The first-order chi connectivity index (χ1) is 5.27. The number of hydrogen-bond donors (Lipinski definition) is 1. The molecular formula is C10H16O. The Kier molecular flexibility index (Phi) is 6.87. The van der Waals surface area contributed by atoms with Crippen molar-refractivity contribution in [1.82, 2.24) is 0 Å². The van der Waals surface area contributed by atoms with Crippen LogP contribution in [0.5, 0.6) is 0 Å². The predicted molar refractivity (Wildman–Crippen MR) is 48.1 cm³/mol. The largest absolute Gasteiger partial charge is 0.381 e. The molecule has 0 aromatic rings. The monoisotopic (exact) mass is 152 g/mol. The Morgan fingerprint density at radius 3 is 1.82 bits per heavy atom. The van der Waals surface area contributed by atoms with Crippen LogP contribution in [0.1, 0.15) is 32.6 Å². The molecule has 11 heavy (non-hydrogen) atoms. The van der Waals surface area contributed by atoms with Crippen molar-refractivity contribution in [3.05, 3.63) is 12.2 Å². The summed E-state index contributed by atoms with van der Waals surface area (Å²) in [5, 5.41) is 8.12.